The number of carbonyl (C=O) groups is 3. The number of anilines is 1. The van der Waals surface area contributed by atoms with E-state index in [9.17, 15) is 14.4 Å². The van der Waals surface area contributed by atoms with Crippen LogP contribution in [0.25, 0.3) is 0 Å². The van der Waals surface area contributed by atoms with Gasteiger partial charge in [-0.2, -0.15) is 0 Å². The molecule has 0 bridgehead atoms. The molecule has 0 aliphatic carbocycles. The van der Waals surface area contributed by atoms with Crippen LogP contribution in [0.4, 0.5) is 10.5 Å². The number of hydrogen-bond acceptors (Lipinski definition) is 4. The third-order valence-electron chi connectivity index (χ3n) is 4.31. The first-order chi connectivity index (χ1) is 12.5. The lowest BCUT2D eigenvalue weighted by Crippen LogP contribution is -2.42. The molecule has 26 heavy (non-hydrogen) atoms. The summed E-state index contributed by atoms with van der Waals surface area (Å²) in [6.45, 7) is 1.30. The highest BCUT2D eigenvalue weighted by Crippen LogP contribution is 2.29. The molecule has 0 aromatic heterocycles. The van der Waals surface area contributed by atoms with Crippen LogP contribution in [0.1, 0.15) is 12.5 Å². The van der Waals surface area contributed by atoms with Crippen LogP contribution < -0.4 is 10.6 Å². The predicted molar refractivity (Wildman–Crippen MR) is 101 cm³/mol. The average Bonchev–Trinajstić information content (AvgIpc) is 2.87. The van der Waals surface area contributed by atoms with Gasteiger partial charge >= 0.3 is 6.03 Å². The maximum absolute atomic E-state index is 12.8. The number of amides is 4. The van der Waals surface area contributed by atoms with Crippen molar-refractivity contribution in [3.05, 3.63) is 60.2 Å². The van der Waals surface area contributed by atoms with Gasteiger partial charge in [0.1, 0.15) is 12.1 Å². The normalized spacial score (nSPS) is 19.4. The van der Waals surface area contributed by atoms with Crippen LogP contribution in [0.15, 0.2) is 59.5 Å². The summed E-state index contributed by atoms with van der Waals surface area (Å²) < 4.78 is 0. The molecule has 0 saturated carbocycles. The lowest BCUT2D eigenvalue weighted by atomic mass is 9.92. The Morgan fingerprint density at radius 3 is 2.46 bits per heavy atom. The summed E-state index contributed by atoms with van der Waals surface area (Å²) in [5.41, 5.74) is 0.160. The molecule has 3 rings (SSSR count). The molecule has 2 aromatic carbocycles. The summed E-state index contributed by atoms with van der Waals surface area (Å²) >= 11 is 1.50. The van der Waals surface area contributed by atoms with E-state index >= 15 is 0 Å². The first-order valence-electron chi connectivity index (χ1n) is 8.08. The smallest absolute Gasteiger partial charge is 0.324 e. The van der Waals surface area contributed by atoms with E-state index in [0.29, 0.717) is 11.3 Å². The summed E-state index contributed by atoms with van der Waals surface area (Å²) in [5.74, 6) is -0.866. The number of nitrogens with zero attached hydrogens (tertiary/aromatic N) is 1. The molecule has 2 aromatic rings. The summed E-state index contributed by atoms with van der Waals surface area (Å²) in [6, 6.07) is 15.8. The van der Waals surface area contributed by atoms with Crippen molar-refractivity contribution in [2.75, 3.05) is 18.1 Å². The fourth-order valence-electron chi connectivity index (χ4n) is 2.89. The SMILES string of the molecule is CSc1ccccc1NC(=O)CN1C(=O)NC(C)(c2ccccc2)C1=O. The van der Waals surface area contributed by atoms with Crippen molar-refractivity contribution in [3.63, 3.8) is 0 Å². The monoisotopic (exact) mass is 369 g/mol. The van der Waals surface area contributed by atoms with Crippen molar-refractivity contribution in [1.82, 2.24) is 10.2 Å². The molecule has 7 heteroatoms. The van der Waals surface area contributed by atoms with Gasteiger partial charge in [0.15, 0.2) is 0 Å². The Bertz CT molecular complexity index is 856. The fraction of sp³-hybridized carbons (Fsp3) is 0.211. The molecule has 0 radical (unpaired) electrons. The second kappa shape index (κ2) is 7.21. The zero-order valence-corrected chi connectivity index (χ0v) is 15.3. The summed E-state index contributed by atoms with van der Waals surface area (Å²) in [6.07, 6.45) is 1.91. The summed E-state index contributed by atoms with van der Waals surface area (Å²) in [5, 5.41) is 5.45. The first-order valence-corrected chi connectivity index (χ1v) is 9.30. The molecule has 2 N–H and O–H groups in total. The number of imide groups is 1. The average molecular weight is 369 g/mol. The Hall–Kier alpha value is -2.80. The molecule has 1 saturated heterocycles. The number of nitrogens with one attached hydrogen (secondary N) is 2. The van der Waals surface area contributed by atoms with Crippen molar-refractivity contribution in [2.45, 2.75) is 17.4 Å². The molecule has 0 spiro atoms. The minimum atomic E-state index is -1.17. The first kappa shape index (κ1) is 18.0. The van der Waals surface area contributed by atoms with Gasteiger partial charge in [0, 0.05) is 4.90 Å². The van der Waals surface area contributed by atoms with Gasteiger partial charge < -0.3 is 10.6 Å². The number of carbonyl (C=O) groups excluding carboxylic acids is 3. The van der Waals surface area contributed by atoms with E-state index in [1.165, 1.54) is 11.8 Å². The van der Waals surface area contributed by atoms with Gasteiger partial charge in [-0.25, -0.2) is 4.79 Å². The van der Waals surface area contributed by atoms with Crippen LogP contribution in [0.3, 0.4) is 0 Å². The molecular weight excluding hydrogens is 350 g/mol. The van der Waals surface area contributed by atoms with Crippen LogP contribution >= 0.6 is 11.8 Å². The van der Waals surface area contributed by atoms with E-state index < -0.39 is 23.4 Å². The second-order valence-electron chi connectivity index (χ2n) is 6.06. The highest BCUT2D eigenvalue weighted by Gasteiger charge is 2.49. The second-order valence-corrected chi connectivity index (χ2v) is 6.91. The van der Waals surface area contributed by atoms with Crippen LogP contribution in [0.2, 0.25) is 0 Å². The van der Waals surface area contributed by atoms with E-state index in [0.717, 1.165) is 9.80 Å². The highest BCUT2D eigenvalue weighted by molar-refractivity contribution is 7.98. The fourth-order valence-corrected chi connectivity index (χ4v) is 3.44. The molecular formula is C19H19N3O3S. The number of hydrogen-bond donors (Lipinski definition) is 2. The van der Waals surface area contributed by atoms with Crippen molar-refractivity contribution in [1.29, 1.82) is 0 Å². The number of thioether (sulfide) groups is 1. The van der Waals surface area contributed by atoms with Gasteiger partial charge in [0.05, 0.1) is 5.69 Å². The van der Waals surface area contributed by atoms with Gasteiger partial charge in [0.2, 0.25) is 5.91 Å². The Kier molecular flexibility index (Phi) is 4.99. The molecule has 1 unspecified atom stereocenters. The predicted octanol–water partition coefficient (Wildman–Crippen LogP) is 2.81. The zero-order valence-electron chi connectivity index (χ0n) is 14.5. The van der Waals surface area contributed by atoms with E-state index in [1.54, 1.807) is 37.3 Å². The molecule has 1 aliphatic heterocycles. The van der Waals surface area contributed by atoms with E-state index in [-0.39, 0.29) is 6.54 Å². The number of urea groups is 1. The van der Waals surface area contributed by atoms with Crippen molar-refractivity contribution >= 4 is 35.3 Å². The van der Waals surface area contributed by atoms with Gasteiger partial charge in [-0.15, -0.1) is 11.8 Å². The largest absolute Gasteiger partial charge is 0.325 e. The Morgan fingerprint density at radius 1 is 1.12 bits per heavy atom. The Labute approximate surface area is 156 Å². The Balaban J connectivity index is 1.75. The van der Waals surface area contributed by atoms with Gasteiger partial charge in [-0.1, -0.05) is 42.5 Å². The van der Waals surface area contributed by atoms with Crippen molar-refractivity contribution in [3.8, 4) is 0 Å². The van der Waals surface area contributed by atoms with Crippen molar-refractivity contribution in [2.24, 2.45) is 0 Å². The molecule has 6 nitrogen and oxygen atoms in total. The molecule has 4 amide bonds. The van der Waals surface area contributed by atoms with Crippen LogP contribution in [-0.4, -0.2) is 35.5 Å². The van der Waals surface area contributed by atoms with Gasteiger partial charge in [-0.05, 0) is 30.9 Å². The lowest BCUT2D eigenvalue weighted by molar-refractivity contribution is -0.133. The van der Waals surface area contributed by atoms with Crippen molar-refractivity contribution < 1.29 is 14.4 Å². The number of benzene rings is 2. The molecule has 1 aliphatic rings. The van der Waals surface area contributed by atoms with Crippen LogP contribution in [0.5, 0.6) is 0 Å². The summed E-state index contributed by atoms with van der Waals surface area (Å²) in [7, 11) is 0. The lowest BCUT2D eigenvalue weighted by Gasteiger charge is -2.22. The standard InChI is InChI=1S/C19H19N3O3S/c1-19(13-8-4-3-5-9-13)17(24)22(18(25)21-19)12-16(23)20-14-10-6-7-11-15(14)26-2/h3-11H,12H2,1-2H3,(H,20,23)(H,21,25). The maximum Gasteiger partial charge on any atom is 0.325 e. The Morgan fingerprint density at radius 2 is 1.77 bits per heavy atom. The van der Waals surface area contributed by atoms with E-state index in [2.05, 4.69) is 10.6 Å². The zero-order chi connectivity index (χ0) is 18.7. The molecule has 1 fully saturated rings. The van der Waals surface area contributed by atoms with Gasteiger partial charge in [0.25, 0.3) is 5.91 Å². The van der Waals surface area contributed by atoms with Crippen LogP contribution in [-0.2, 0) is 15.1 Å². The molecule has 1 heterocycles. The quantitative estimate of drug-likeness (QED) is 0.627. The van der Waals surface area contributed by atoms with E-state index in [4.69, 9.17) is 0 Å². The summed E-state index contributed by atoms with van der Waals surface area (Å²) in [4.78, 5) is 39.3. The van der Waals surface area contributed by atoms with Gasteiger partial charge in [-0.3, -0.25) is 14.5 Å². The van der Waals surface area contributed by atoms with E-state index in [1.807, 2.05) is 30.5 Å². The maximum atomic E-state index is 12.8. The topological polar surface area (TPSA) is 78.5 Å². The molecule has 1 atom stereocenters. The number of rotatable bonds is 5. The molecule has 134 valence electrons. The third-order valence-corrected chi connectivity index (χ3v) is 5.10. The minimum Gasteiger partial charge on any atom is -0.324 e. The third kappa shape index (κ3) is 3.30. The highest BCUT2D eigenvalue weighted by atomic mass is 32.2. The number of para-hydroxylation sites is 1. The minimum absolute atomic E-state index is 0.337. The van der Waals surface area contributed by atoms with Crippen LogP contribution in [0, 0.1) is 0 Å².